The number of nitrogens with zero attached hydrogens (tertiary/aromatic N) is 1. The largest absolute Gasteiger partial charge is 0.497 e. The molecule has 2 amide bonds. The van der Waals surface area contributed by atoms with Crippen LogP contribution in [0.1, 0.15) is 12.0 Å². The summed E-state index contributed by atoms with van der Waals surface area (Å²) in [5, 5.41) is 0. The van der Waals surface area contributed by atoms with Crippen molar-refractivity contribution in [3.63, 3.8) is 0 Å². The molecule has 1 atom stereocenters. The van der Waals surface area contributed by atoms with Crippen LogP contribution in [0.25, 0.3) is 0 Å². The van der Waals surface area contributed by atoms with Gasteiger partial charge in [0, 0.05) is 19.0 Å². The molecule has 0 radical (unpaired) electrons. The summed E-state index contributed by atoms with van der Waals surface area (Å²) >= 11 is 0. The molecule has 2 N–H and O–H groups in total. The molecule has 1 aromatic carbocycles. The zero-order valence-electron chi connectivity index (χ0n) is 10.3. The Labute approximate surface area is 106 Å². The Morgan fingerprint density at radius 2 is 2.11 bits per heavy atom. The molecule has 96 valence electrons. The maximum atomic E-state index is 11.9. The molecule has 1 unspecified atom stereocenters. The van der Waals surface area contributed by atoms with Gasteiger partial charge in [-0.3, -0.25) is 14.5 Å². The fraction of sp³-hybridized carbons (Fsp3) is 0.385. The predicted molar refractivity (Wildman–Crippen MR) is 66.0 cm³/mol. The van der Waals surface area contributed by atoms with Crippen molar-refractivity contribution in [3.05, 3.63) is 29.8 Å². The van der Waals surface area contributed by atoms with Crippen molar-refractivity contribution < 1.29 is 14.3 Å². The molecule has 5 heteroatoms. The van der Waals surface area contributed by atoms with Crippen LogP contribution in [-0.2, 0) is 16.0 Å². The average molecular weight is 248 g/mol. The number of nitrogens with two attached hydrogens (primary N) is 1. The van der Waals surface area contributed by atoms with Gasteiger partial charge in [-0.2, -0.15) is 0 Å². The van der Waals surface area contributed by atoms with E-state index in [4.69, 9.17) is 10.5 Å². The number of amides is 2. The maximum Gasteiger partial charge on any atom is 0.233 e. The van der Waals surface area contributed by atoms with Crippen LogP contribution in [0.3, 0.4) is 0 Å². The first-order chi connectivity index (χ1) is 8.60. The number of carbonyl (C=O) groups is 2. The molecule has 0 bridgehead atoms. The molecule has 18 heavy (non-hydrogen) atoms. The van der Waals surface area contributed by atoms with E-state index in [2.05, 4.69) is 0 Å². The highest BCUT2D eigenvalue weighted by Gasteiger charge is 2.31. The standard InChI is InChI=1S/C13H16N2O3/c1-18-11-4-2-9(3-5-11)6-12(16)15-8-10(14)7-13(15)17/h2-5,10H,6-8,14H2,1H3. The van der Waals surface area contributed by atoms with Crippen LogP contribution in [0.5, 0.6) is 5.75 Å². The molecule has 0 saturated carbocycles. The van der Waals surface area contributed by atoms with Gasteiger partial charge in [0.1, 0.15) is 5.75 Å². The molecule has 1 heterocycles. The van der Waals surface area contributed by atoms with E-state index in [0.717, 1.165) is 11.3 Å². The third-order valence-electron chi connectivity index (χ3n) is 2.97. The van der Waals surface area contributed by atoms with Gasteiger partial charge in [-0.1, -0.05) is 12.1 Å². The Morgan fingerprint density at radius 1 is 1.44 bits per heavy atom. The molecular formula is C13H16N2O3. The van der Waals surface area contributed by atoms with Crippen LogP contribution in [0.15, 0.2) is 24.3 Å². The summed E-state index contributed by atoms with van der Waals surface area (Å²) in [7, 11) is 1.59. The van der Waals surface area contributed by atoms with Crippen LogP contribution in [0, 0.1) is 0 Å². The van der Waals surface area contributed by atoms with Crippen molar-refractivity contribution >= 4 is 11.8 Å². The molecule has 0 spiro atoms. The van der Waals surface area contributed by atoms with E-state index < -0.39 is 0 Å². The van der Waals surface area contributed by atoms with Crippen molar-refractivity contribution in [1.29, 1.82) is 0 Å². The summed E-state index contributed by atoms with van der Waals surface area (Å²) < 4.78 is 5.04. The lowest BCUT2D eigenvalue weighted by Crippen LogP contribution is -2.35. The Hall–Kier alpha value is -1.88. The quantitative estimate of drug-likeness (QED) is 0.836. The molecule has 1 fully saturated rings. The summed E-state index contributed by atoms with van der Waals surface area (Å²) in [5.41, 5.74) is 6.51. The van der Waals surface area contributed by atoms with Gasteiger partial charge in [0.2, 0.25) is 11.8 Å². The second-order valence-corrected chi connectivity index (χ2v) is 4.39. The first-order valence-corrected chi connectivity index (χ1v) is 5.82. The number of hydrogen-bond acceptors (Lipinski definition) is 4. The van der Waals surface area contributed by atoms with Gasteiger partial charge < -0.3 is 10.5 Å². The number of carbonyl (C=O) groups excluding carboxylic acids is 2. The monoisotopic (exact) mass is 248 g/mol. The van der Waals surface area contributed by atoms with E-state index in [0.29, 0.717) is 6.54 Å². The highest BCUT2D eigenvalue weighted by Crippen LogP contribution is 2.15. The lowest BCUT2D eigenvalue weighted by molar-refractivity contribution is -0.141. The number of imide groups is 1. The fourth-order valence-corrected chi connectivity index (χ4v) is 1.99. The van der Waals surface area contributed by atoms with Gasteiger partial charge in [-0.15, -0.1) is 0 Å². The number of benzene rings is 1. The van der Waals surface area contributed by atoms with Crippen LogP contribution in [0.4, 0.5) is 0 Å². The Morgan fingerprint density at radius 3 is 2.61 bits per heavy atom. The Balaban J connectivity index is 2.00. The van der Waals surface area contributed by atoms with Crippen LogP contribution in [-0.4, -0.2) is 36.4 Å². The van der Waals surface area contributed by atoms with E-state index >= 15 is 0 Å². The minimum atomic E-state index is -0.225. The predicted octanol–water partition coefficient (Wildman–Crippen LogP) is 0.324. The second-order valence-electron chi connectivity index (χ2n) is 4.39. The molecule has 1 aliphatic rings. The number of likely N-dealkylation sites (tertiary alicyclic amines) is 1. The minimum Gasteiger partial charge on any atom is -0.497 e. The topological polar surface area (TPSA) is 72.6 Å². The first kappa shape index (κ1) is 12.6. The molecule has 1 saturated heterocycles. The molecule has 2 rings (SSSR count). The van der Waals surface area contributed by atoms with Crippen LogP contribution < -0.4 is 10.5 Å². The number of hydrogen-bond donors (Lipinski definition) is 1. The van der Waals surface area contributed by atoms with Gasteiger partial charge in [0.15, 0.2) is 0 Å². The highest BCUT2D eigenvalue weighted by atomic mass is 16.5. The van der Waals surface area contributed by atoms with E-state index in [1.165, 1.54) is 4.90 Å². The zero-order chi connectivity index (χ0) is 13.1. The Bertz CT molecular complexity index is 456. The van der Waals surface area contributed by atoms with Crippen molar-refractivity contribution in [2.45, 2.75) is 18.9 Å². The molecule has 5 nitrogen and oxygen atoms in total. The summed E-state index contributed by atoms with van der Waals surface area (Å²) in [4.78, 5) is 24.7. The second kappa shape index (κ2) is 5.18. The summed E-state index contributed by atoms with van der Waals surface area (Å²) in [6, 6.07) is 6.99. The van der Waals surface area contributed by atoms with Crippen molar-refractivity contribution in [2.24, 2.45) is 5.73 Å². The minimum absolute atomic E-state index is 0.180. The smallest absolute Gasteiger partial charge is 0.233 e. The van der Waals surface area contributed by atoms with Gasteiger partial charge in [0.05, 0.1) is 13.5 Å². The summed E-state index contributed by atoms with van der Waals surface area (Å²) in [6.07, 6.45) is 0.469. The van der Waals surface area contributed by atoms with E-state index in [1.807, 2.05) is 12.1 Å². The van der Waals surface area contributed by atoms with Crippen molar-refractivity contribution in [1.82, 2.24) is 4.90 Å². The van der Waals surface area contributed by atoms with Crippen LogP contribution >= 0.6 is 0 Å². The highest BCUT2D eigenvalue weighted by molar-refractivity contribution is 5.98. The number of rotatable bonds is 3. The van der Waals surface area contributed by atoms with Gasteiger partial charge in [-0.05, 0) is 17.7 Å². The van der Waals surface area contributed by atoms with Crippen molar-refractivity contribution in [3.8, 4) is 5.75 Å². The summed E-state index contributed by atoms with van der Waals surface area (Å²) in [6.45, 7) is 0.327. The first-order valence-electron chi connectivity index (χ1n) is 5.82. The number of ether oxygens (including phenoxy) is 1. The van der Waals surface area contributed by atoms with Gasteiger partial charge in [0.25, 0.3) is 0 Å². The summed E-state index contributed by atoms with van der Waals surface area (Å²) in [5.74, 6) is 0.365. The maximum absolute atomic E-state index is 11.9. The van der Waals surface area contributed by atoms with Gasteiger partial charge >= 0.3 is 0 Å². The van der Waals surface area contributed by atoms with Crippen LogP contribution in [0.2, 0.25) is 0 Å². The Kier molecular flexibility index (Phi) is 3.62. The third kappa shape index (κ3) is 2.68. The molecule has 0 aromatic heterocycles. The van der Waals surface area contributed by atoms with E-state index in [9.17, 15) is 9.59 Å². The lowest BCUT2D eigenvalue weighted by Gasteiger charge is -2.13. The van der Waals surface area contributed by atoms with E-state index in [-0.39, 0.29) is 30.7 Å². The fourth-order valence-electron chi connectivity index (χ4n) is 1.99. The van der Waals surface area contributed by atoms with Gasteiger partial charge in [-0.25, -0.2) is 0 Å². The SMILES string of the molecule is COc1ccc(CC(=O)N2CC(N)CC2=O)cc1. The van der Waals surface area contributed by atoms with Crippen molar-refractivity contribution in [2.75, 3.05) is 13.7 Å². The number of methoxy groups -OCH3 is 1. The molecular weight excluding hydrogens is 232 g/mol. The van der Waals surface area contributed by atoms with E-state index in [1.54, 1.807) is 19.2 Å². The lowest BCUT2D eigenvalue weighted by atomic mass is 10.1. The third-order valence-corrected chi connectivity index (χ3v) is 2.97. The molecule has 1 aromatic rings. The molecule has 0 aliphatic carbocycles. The normalized spacial score (nSPS) is 19.1. The molecule has 1 aliphatic heterocycles. The average Bonchev–Trinajstić information content (AvgIpc) is 2.69. The zero-order valence-corrected chi connectivity index (χ0v) is 10.3.